The van der Waals surface area contributed by atoms with Crippen LogP contribution in [0.2, 0.25) is 0 Å². The molecule has 0 fully saturated rings. The molecule has 4 nitrogen and oxygen atoms in total. The molecule has 66 valence electrons. The van der Waals surface area contributed by atoms with Crippen molar-refractivity contribution in [3.63, 3.8) is 0 Å². The molecule has 0 atom stereocenters. The van der Waals surface area contributed by atoms with Crippen molar-refractivity contribution < 1.29 is 19.1 Å². The van der Waals surface area contributed by atoms with E-state index in [1.165, 1.54) is 7.11 Å². The van der Waals surface area contributed by atoms with Gasteiger partial charge in [-0.2, -0.15) is 0 Å². The van der Waals surface area contributed by atoms with Crippen molar-refractivity contribution in [1.82, 2.24) is 0 Å². The molecular weight excluding hydrogens is 195 g/mol. The zero-order valence-electron chi connectivity index (χ0n) is 6.10. The van der Waals surface area contributed by atoms with Crippen LogP contribution in [0.25, 0.3) is 0 Å². The highest BCUT2D eigenvalue weighted by atomic mass is 35.5. The first-order valence-corrected chi connectivity index (χ1v) is 3.35. The highest BCUT2D eigenvalue weighted by Crippen LogP contribution is 1.82. The van der Waals surface area contributed by atoms with E-state index in [9.17, 15) is 9.59 Å². The molecule has 0 aliphatic rings. The Kier molecular flexibility index (Phi) is 11.4. The Labute approximate surface area is 74.4 Å². The molecule has 0 aromatic carbocycles. The summed E-state index contributed by atoms with van der Waals surface area (Å²) in [5.41, 5.74) is -1.51. The SMILES string of the molecule is CCOC(=O)Cl.COC(=O)Cl. The Hall–Kier alpha value is -0.480. The predicted octanol–water partition coefficient (Wildman–Crippen LogP) is 2.37. The van der Waals surface area contributed by atoms with Gasteiger partial charge in [-0.1, -0.05) is 0 Å². The Morgan fingerprint density at radius 1 is 1.27 bits per heavy atom. The van der Waals surface area contributed by atoms with Gasteiger partial charge in [-0.25, -0.2) is 9.59 Å². The molecule has 0 amide bonds. The van der Waals surface area contributed by atoms with Gasteiger partial charge in [-0.15, -0.1) is 0 Å². The summed E-state index contributed by atoms with van der Waals surface area (Å²) in [6, 6.07) is 0. The van der Waals surface area contributed by atoms with Gasteiger partial charge in [0.05, 0.1) is 13.7 Å². The second-order valence-corrected chi connectivity index (χ2v) is 1.73. The zero-order chi connectivity index (χ0) is 9.28. The number of carbonyl (C=O) groups excluding carboxylic acids is 2. The maximum absolute atomic E-state index is 9.59. The second kappa shape index (κ2) is 9.52. The van der Waals surface area contributed by atoms with Gasteiger partial charge < -0.3 is 9.47 Å². The number of ether oxygens (including phenoxy) is 2. The first-order valence-electron chi connectivity index (χ1n) is 2.60. The van der Waals surface area contributed by atoms with Gasteiger partial charge in [0, 0.05) is 23.2 Å². The van der Waals surface area contributed by atoms with Gasteiger partial charge in [-0.05, 0) is 6.92 Å². The van der Waals surface area contributed by atoms with Crippen molar-refractivity contribution in [2.75, 3.05) is 13.7 Å². The Morgan fingerprint density at radius 3 is 1.64 bits per heavy atom. The average Bonchev–Trinajstić information content (AvgIpc) is 1.89. The van der Waals surface area contributed by atoms with E-state index in [0.29, 0.717) is 6.61 Å². The van der Waals surface area contributed by atoms with Crippen LogP contribution in [-0.4, -0.2) is 24.6 Å². The summed E-state index contributed by atoms with van der Waals surface area (Å²) in [7, 11) is 1.22. The molecule has 0 rings (SSSR count). The number of halogens is 2. The van der Waals surface area contributed by atoms with Gasteiger partial charge in [0.15, 0.2) is 0 Å². The van der Waals surface area contributed by atoms with E-state index in [4.69, 9.17) is 11.6 Å². The van der Waals surface area contributed by atoms with Gasteiger partial charge >= 0.3 is 10.9 Å². The molecule has 0 aliphatic carbocycles. The third-order valence-electron chi connectivity index (χ3n) is 0.418. The first-order chi connectivity index (χ1) is 5.04. The lowest BCUT2D eigenvalue weighted by molar-refractivity contribution is 0.180. The summed E-state index contributed by atoms with van der Waals surface area (Å²) < 4.78 is 8.04. The fraction of sp³-hybridized carbons (Fsp3) is 0.600. The van der Waals surface area contributed by atoms with Crippen LogP contribution in [0, 0.1) is 0 Å². The molecule has 0 aromatic rings. The molecule has 0 spiro atoms. The molecule has 0 saturated carbocycles. The van der Waals surface area contributed by atoms with E-state index >= 15 is 0 Å². The van der Waals surface area contributed by atoms with Crippen molar-refractivity contribution in [1.29, 1.82) is 0 Å². The standard InChI is InChI=1S/C3H5ClO2.C2H3ClO2/c1-2-6-3(4)5;1-5-2(3)4/h2H2,1H3;1H3. The molecular formula is C5H8Cl2O4. The number of hydrogen-bond donors (Lipinski definition) is 0. The Morgan fingerprint density at radius 2 is 1.64 bits per heavy atom. The van der Waals surface area contributed by atoms with E-state index in [1.54, 1.807) is 6.92 Å². The van der Waals surface area contributed by atoms with Crippen LogP contribution in [0.5, 0.6) is 0 Å². The third-order valence-corrected chi connectivity index (χ3v) is 0.682. The minimum Gasteiger partial charge on any atom is -0.457 e. The fourth-order valence-electron chi connectivity index (χ4n) is 0.113. The van der Waals surface area contributed by atoms with E-state index in [2.05, 4.69) is 21.1 Å². The number of methoxy groups -OCH3 is 1. The summed E-state index contributed by atoms with van der Waals surface area (Å²) in [4.78, 5) is 18.9. The van der Waals surface area contributed by atoms with Crippen LogP contribution in [0.15, 0.2) is 0 Å². The highest BCUT2D eigenvalue weighted by molar-refractivity contribution is 6.61. The maximum Gasteiger partial charge on any atom is 0.403 e. The number of carbonyl (C=O) groups is 2. The van der Waals surface area contributed by atoms with Crippen molar-refractivity contribution >= 4 is 34.1 Å². The van der Waals surface area contributed by atoms with Crippen LogP contribution >= 0.6 is 23.2 Å². The zero-order valence-corrected chi connectivity index (χ0v) is 7.61. The third kappa shape index (κ3) is 26.4. The van der Waals surface area contributed by atoms with Crippen molar-refractivity contribution in [3.05, 3.63) is 0 Å². The van der Waals surface area contributed by atoms with E-state index in [0.717, 1.165) is 0 Å². The topological polar surface area (TPSA) is 52.6 Å². The summed E-state index contributed by atoms with van der Waals surface area (Å²) in [6.45, 7) is 2.04. The minimum atomic E-state index is -0.773. The normalized spacial score (nSPS) is 7.27. The van der Waals surface area contributed by atoms with Gasteiger partial charge in [0.1, 0.15) is 0 Å². The lowest BCUT2D eigenvalue weighted by Gasteiger charge is -1.86. The summed E-state index contributed by atoms with van der Waals surface area (Å²) in [5, 5.41) is 0. The van der Waals surface area contributed by atoms with E-state index in [1.807, 2.05) is 0 Å². The van der Waals surface area contributed by atoms with Crippen LogP contribution in [-0.2, 0) is 9.47 Å². The maximum atomic E-state index is 9.59. The second-order valence-electron chi connectivity index (χ2n) is 1.11. The minimum absolute atomic E-state index is 0.350. The molecule has 0 aliphatic heterocycles. The fourth-order valence-corrected chi connectivity index (χ4v) is 0.223. The van der Waals surface area contributed by atoms with Gasteiger partial charge in [-0.3, -0.25) is 0 Å². The molecule has 0 unspecified atom stereocenters. The summed E-state index contributed by atoms with van der Waals surface area (Å²) >= 11 is 9.32. The van der Waals surface area contributed by atoms with E-state index in [-0.39, 0.29) is 0 Å². The number of rotatable bonds is 1. The van der Waals surface area contributed by atoms with Crippen LogP contribution in [0.4, 0.5) is 9.59 Å². The summed E-state index contributed by atoms with van der Waals surface area (Å²) in [6.07, 6.45) is 0. The van der Waals surface area contributed by atoms with Crippen molar-refractivity contribution in [2.24, 2.45) is 0 Å². The summed E-state index contributed by atoms with van der Waals surface area (Å²) in [5.74, 6) is 0. The van der Waals surface area contributed by atoms with Gasteiger partial charge in [0.25, 0.3) is 0 Å². The molecule has 6 heteroatoms. The smallest absolute Gasteiger partial charge is 0.403 e. The molecule has 0 N–H and O–H groups in total. The lowest BCUT2D eigenvalue weighted by Crippen LogP contribution is -1.89. The van der Waals surface area contributed by atoms with Crippen molar-refractivity contribution in [3.8, 4) is 0 Å². The lowest BCUT2D eigenvalue weighted by atomic mass is 10.9. The quantitative estimate of drug-likeness (QED) is 0.613. The van der Waals surface area contributed by atoms with Crippen LogP contribution < -0.4 is 0 Å². The molecule has 0 bridgehead atoms. The monoisotopic (exact) mass is 202 g/mol. The molecule has 11 heavy (non-hydrogen) atoms. The highest BCUT2D eigenvalue weighted by Gasteiger charge is 1.86. The molecule has 0 radical (unpaired) electrons. The van der Waals surface area contributed by atoms with E-state index < -0.39 is 10.9 Å². The largest absolute Gasteiger partial charge is 0.457 e. The Balaban J connectivity index is 0. The molecule has 0 aromatic heterocycles. The average molecular weight is 203 g/mol. The van der Waals surface area contributed by atoms with Crippen LogP contribution in [0.3, 0.4) is 0 Å². The van der Waals surface area contributed by atoms with Crippen molar-refractivity contribution in [2.45, 2.75) is 6.92 Å². The van der Waals surface area contributed by atoms with Gasteiger partial charge in [0.2, 0.25) is 0 Å². The predicted molar refractivity (Wildman–Crippen MR) is 41.1 cm³/mol. The molecule has 0 saturated heterocycles. The number of hydrogen-bond acceptors (Lipinski definition) is 4. The van der Waals surface area contributed by atoms with Crippen LogP contribution in [0.1, 0.15) is 6.92 Å². The molecule has 0 heterocycles. The Bertz CT molecular complexity index is 126. The first kappa shape index (κ1) is 13.1.